The van der Waals surface area contributed by atoms with Crippen LogP contribution in [-0.4, -0.2) is 0 Å². The molecule has 2 unspecified atom stereocenters. The number of rotatable bonds is 0. The van der Waals surface area contributed by atoms with E-state index in [2.05, 4.69) is 114 Å². The number of fused-ring (bicyclic) bond motifs is 9. The van der Waals surface area contributed by atoms with Gasteiger partial charge >= 0.3 is 0 Å². The normalized spacial score (nSPS) is 24.9. The Morgan fingerprint density at radius 1 is 0.786 bits per heavy atom. The molecule has 1 nitrogen and oxygen atoms in total. The van der Waals surface area contributed by atoms with Crippen molar-refractivity contribution >= 4 is 15.9 Å². The molecule has 0 fully saturated rings. The van der Waals surface area contributed by atoms with Crippen molar-refractivity contribution in [2.45, 2.75) is 18.3 Å². The monoisotopic (exact) mass is 426 g/mol. The predicted molar refractivity (Wildman–Crippen MR) is 116 cm³/mol. The predicted octanol–water partition coefficient (Wildman–Crippen LogP) is 7.12. The van der Waals surface area contributed by atoms with Gasteiger partial charge in [0.1, 0.15) is 11.5 Å². The highest BCUT2D eigenvalue weighted by molar-refractivity contribution is 9.10. The van der Waals surface area contributed by atoms with E-state index in [0.29, 0.717) is 5.92 Å². The van der Waals surface area contributed by atoms with Crippen molar-refractivity contribution in [3.63, 3.8) is 0 Å². The lowest BCUT2D eigenvalue weighted by Gasteiger charge is -2.49. The zero-order valence-corrected chi connectivity index (χ0v) is 17.1. The van der Waals surface area contributed by atoms with Gasteiger partial charge in [0.15, 0.2) is 0 Å². The van der Waals surface area contributed by atoms with Crippen molar-refractivity contribution in [3.05, 3.63) is 118 Å². The van der Waals surface area contributed by atoms with Crippen LogP contribution in [0.3, 0.4) is 0 Å². The molecule has 0 saturated carbocycles. The molecule has 2 heteroatoms. The molecule has 3 aliphatic rings. The van der Waals surface area contributed by atoms with E-state index in [1.165, 1.54) is 26.7 Å². The molecule has 0 N–H and O–H groups in total. The first-order valence-corrected chi connectivity index (χ1v) is 10.5. The maximum atomic E-state index is 6.38. The molecule has 3 aromatic carbocycles. The van der Waals surface area contributed by atoms with Crippen LogP contribution in [0.1, 0.15) is 35.1 Å². The van der Waals surface area contributed by atoms with Crippen molar-refractivity contribution in [2.24, 2.45) is 5.41 Å². The third-order valence-corrected chi connectivity index (χ3v) is 7.57. The van der Waals surface area contributed by atoms with E-state index in [0.717, 1.165) is 11.5 Å². The minimum Gasteiger partial charge on any atom is -0.457 e. The summed E-state index contributed by atoms with van der Waals surface area (Å²) in [6.07, 6.45) is 9.16. The molecule has 2 aliphatic carbocycles. The summed E-state index contributed by atoms with van der Waals surface area (Å²) in [7, 11) is 0. The van der Waals surface area contributed by atoms with Gasteiger partial charge in [0, 0.05) is 26.9 Å². The van der Waals surface area contributed by atoms with E-state index >= 15 is 0 Å². The molecule has 6 rings (SSSR count). The van der Waals surface area contributed by atoms with Crippen molar-refractivity contribution in [2.75, 3.05) is 0 Å². The minimum atomic E-state index is -0.302. The molecule has 1 spiro atoms. The summed E-state index contributed by atoms with van der Waals surface area (Å²) in [5.41, 5.74) is 4.81. The number of allylic oxidation sites excluding steroid dienone is 4. The van der Waals surface area contributed by atoms with Crippen LogP contribution in [-0.2, 0) is 5.41 Å². The molecule has 1 aliphatic heterocycles. The van der Waals surface area contributed by atoms with Crippen LogP contribution in [0.15, 0.2) is 95.5 Å². The summed E-state index contributed by atoms with van der Waals surface area (Å²) in [5.74, 6) is 2.20. The lowest BCUT2D eigenvalue weighted by Crippen LogP contribution is -2.45. The topological polar surface area (TPSA) is 9.23 Å². The van der Waals surface area contributed by atoms with Gasteiger partial charge in [0.2, 0.25) is 0 Å². The Morgan fingerprint density at radius 3 is 2.14 bits per heavy atom. The Labute approximate surface area is 173 Å². The highest BCUT2D eigenvalue weighted by Crippen LogP contribution is 2.70. The van der Waals surface area contributed by atoms with Gasteiger partial charge in [0.25, 0.3) is 0 Å². The van der Waals surface area contributed by atoms with Crippen molar-refractivity contribution in [1.29, 1.82) is 0 Å². The van der Waals surface area contributed by atoms with E-state index in [9.17, 15) is 0 Å². The number of halogens is 1. The molecule has 0 aromatic heterocycles. The van der Waals surface area contributed by atoms with Crippen LogP contribution in [0.4, 0.5) is 0 Å². The summed E-state index contributed by atoms with van der Waals surface area (Å²) in [4.78, 5) is 0. The fraction of sp³-hybridized carbons (Fsp3) is 0.154. The van der Waals surface area contributed by atoms with Crippen LogP contribution in [0.25, 0.3) is 0 Å². The van der Waals surface area contributed by atoms with Crippen LogP contribution in [0, 0.1) is 5.41 Å². The first-order valence-electron chi connectivity index (χ1n) is 9.70. The summed E-state index contributed by atoms with van der Waals surface area (Å²) < 4.78 is 7.56. The highest BCUT2D eigenvalue weighted by atomic mass is 79.9. The van der Waals surface area contributed by atoms with E-state index in [1.54, 1.807) is 0 Å². The molecule has 136 valence electrons. The first-order chi connectivity index (χ1) is 13.7. The average molecular weight is 427 g/mol. The molecule has 1 heterocycles. The fourth-order valence-corrected chi connectivity index (χ4v) is 6.44. The van der Waals surface area contributed by atoms with Gasteiger partial charge in [0.05, 0.1) is 5.41 Å². The Morgan fingerprint density at radius 2 is 1.43 bits per heavy atom. The smallest absolute Gasteiger partial charge is 0.131 e. The first kappa shape index (κ1) is 16.4. The molecule has 0 bridgehead atoms. The van der Waals surface area contributed by atoms with Crippen LogP contribution < -0.4 is 4.74 Å². The van der Waals surface area contributed by atoms with Gasteiger partial charge in [-0.1, -0.05) is 95.7 Å². The standard InChI is InChI=1S/C26H19BrO/c1-25-16-7-6-11-19(25)24-20(12-8-13-21(24)27)26(25)17-9-2-4-14-22(17)28-23-15-5-3-10-18(23)26/h2-16,19H,1H3. The van der Waals surface area contributed by atoms with E-state index < -0.39 is 0 Å². The van der Waals surface area contributed by atoms with Crippen molar-refractivity contribution in [3.8, 4) is 11.5 Å². The van der Waals surface area contributed by atoms with Crippen molar-refractivity contribution in [1.82, 2.24) is 0 Å². The van der Waals surface area contributed by atoms with Gasteiger partial charge in [-0.2, -0.15) is 0 Å². The second-order valence-corrected chi connectivity index (χ2v) is 8.90. The molecule has 0 amide bonds. The third kappa shape index (κ3) is 1.73. The Bertz CT molecular complexity index is 1140. The van der Waals surface area contributed by atoms with Crippen LogP contribution >= 0.6 is 15.9 Å². The second-order valence-electron chi connectivity index (χ2n) is 8.05. The van der Waals surface area contributed by atoms with Gasteiger partial charge in [-0.15, -0.1) is 0 Å². The van der Waals surface area contributed by atoms with Crippen LogP contribution in [0.5, 0.6) is 11.5 Å². The van der Waals surface area contributed by atoms with E-state index in [-0.39, 0.29) is 10.8 Å². The lowest BCUT2D eigenvalue weighted by atomic mass is 9.54. The summed E-state index contributed by atoms with van der Waals surface area (Å²) in [6.45, 7) is 2.41. The average Bonchev–Trinajstić information content (AvgIpc) is 2.95. The Hall–Kier alpha value is -2.58. The number of para-hydroxylation sites is 2. The van der Waals surface area contributed by atoms with Gasteiger partial charge in [-0.25, -0.2) is 0 Å². The Kier molecular flexibility index (Phi) is 3.21. The summed E-state index contributed by atoms with van der Waals surface area (Å²) in [6, 6.07) is 23.7. The zero-order valence-electron chi connectivity index (χ0n) is 15.5. The van der Waals surface area contributed by atoms with Gasteiger partial charge in [-0.05, 0) is 29.3 Å². The van der Waals surface area contributed by atoms with E-state index in [1.807, 2.05) is 0 Å². The quantitative estimate of drug-likeness (QED) is 0.371. The minimum absolute atomic E-state index is 0.135. The zero-order chi connectivity index (χ0) is 18.9. The Balaban J connectivity index is 1.85. The molecule has 3 aromatic rings. The number of hydrogen-bond donors (Lipinski definition) is 0. The molecule has 28 heavy (non-hydrogen) atoms. The number of ether oxygens (including phenoxy) is 1. The molecule has 0 saturated heterocycles. The maximum Gasteiger partial charge on any atom is 0.131 e. The third-order valence-electron chi connectivity index (χ3n) is 6.88. The SMILES string of the molecule is CC12C=CC=CC1c1c(Br)cccc1C21c2ccccc2Oc2ccccc21. The van der Waals surface area contributed by atoms with Gasteiger partial charge in [-0.3, -0.25) is 0 Å². The molecular weight excluding hydrogens is 408 g/mol. The molecule has 2 atom stereocenters. The lowest BCUT2D eigenvalue weighted by molar-refractivity contribution is 0.264. The highest BCUT2D eigenvalue weighted by Gasteiger charge is 2.63. The molecule has 0 radical (unpaired) electrons. The van der Waals surface area contributed by atoms with Crippen LogP contribution in [0.2, 0.25) is 0 Å². The van der Waals surface area contributed by atoms with Gasteiger partial charge < -0.3 is 4.74 Å². The fourth-order valence-electron chi connectivity index (χ4n) is 5.82. The second kappa shape index (κ2) is 5.48. The summed E-state index contributed by atoms with van der Waals surface area (Å²) in [5, 5.41) is 0. The largest absolute Gasteiger partial charge is 0.457 e. The number of hydrogen-bond acceptors (Lipinski definition) is 1. The van der Waals surface area contributed by atoms with Crippen molar-refractivity contribution < 1.29 is 4.74 Å². The number of benzene rings is 3. The summed E-state index contributed by atoms with van der Waals surface area (Å²) >= 11 is 3.87. The maximum absolute atomic E-state index is 6.38. The molecular formula is C26H19BrO. The van der Waals surface area contributed by atoms with E-state index in [4.69, 9.17) is 4.74 Å².